The van der Waals surface area contributed by atoms with Crippen LogP contribution in [-0.4, -0.2) is 12.9 Å². The average Bonchev–Trinajstić information content (AvgIpc) is 2.52. The first-order valence-electron chi connectivity index (χ1n) is 7.55. The molecule has 0 saturated carbocycles. The lowest BCUT2D eigenvalue weighted by molar-refractivity contribution is -0.126. The van der Waals surface area contributed by atoms with Crippen molar-refractivity contribution in [2.45, 2.75) is 33.6 Å². The number of Topliss-reactive ketones (excluding diaryl/α,β-unsaturated/α-hetero) is 1. The predicted molar refractivity (Wildman–Crippen MR) is 92.5 cm³/mol. The molecule has 2 rings (SSSR count). The molecule has 22 heavy (non-hydrogen) atoms. The highest BCUT2D eigenvalue weighted by Crippen LogP contribution is 2.34. The van der Waals surface area contributed by atoms with Crippen LogP contribution >= 0.6 is 0 Å². The van der Waals surface area contributed by atoms with E-state index in [1.807, 2.05) is 58.0 Å². The maximum absolute atomic E-state index is 12.8. The van der Waals surface area contributed by atoms with Gasteiger partial charge in [0.05, 0.1) is 7.11 Å². The highest BCUT2D eigenvalue weighted by Gasteiger charge is 2.32. The molecule has 0 saturated heterocycles. The van der Waals surface area contributed by atoms with Crippen molar-refractivity contribution < 1.29 is 9.53 Å². The van der Waals surface area contributed by atoms with Gasteiger partial charge < -0.3 is 4.74 Å². The van der Waals surface area contributed by atoms with Crippen molar-refractivity contribution >= 4 is 16.6 Å². The van der Waals surface area contributed by atoms with Crippen molar-refractivity contribution in [3.05, 3.63) is 54.1 Å². The first kappa shape index (κ1) is 16.3. The fraction of sp³-hybridized carbons (Fsp3) is 0.350. The number of carbonyl (C=O) groups excluding carboxylic acids is 1. The Balaban J connectivity index is 2.38. The zero-order valence-corrected chi connectivity index (χ0v) is 14.1. The Hall–Kier alpha value is -2.09. The molecule has 0 bridgehead atoms. The minimum absolute atomic E-state index is 0.154. The van der Waals surface area contributed by atoms with E-state index in [-0.39, 0.29) is 11.7 Å². The lowest BCUT2D eigenvalue weighted by Gasteiger charge is -2.27. The monoisotopic (exact) mass is 296 g/mol. The molecular weight excluding hydrogens is 272 g/mol. The number of allylic oxidation sites excluding steroid dienone is 1. The van der Waals surface area contributed by atoms with E-state index in [9.17, 15) is 4.79 Å². The van der Waals surface area contributed by atoms with Gasteiger partial charge in [0.1, 0.15) is 11.5 Å². The second-order valence-electron chi connectivity index (χ2n) is 6.46. The number of benzene rings is 2. The minimum atomic E-state index is -0.506. The molecule has 2 aromatic rings. The fourth-order valence-corrected chi connectivity index (χ4v) is 2.54. The van der Waals surface area contributed by atoms with E-state index < -0.39 is 5.41 Å². The summed E-state index contributed by atoms with van der Waals surface area (Å²) in [5, 5.41) is 2.23. The molecule has 116 valence electrons. The number of methoxy groups -OCH3 is 1. The molecular formula is C20H24O2. The highest BCUT2D eigenvalue weighted by molar-refractivity contribution is 5.94. The Morgan fingerprint density at radius 2 is 1.73 bits per heavy atom. The zero-order valence-electron chi connectivity index (χ0n) is 14.1. The summed E-state index contributed by atoms with van der Waals surface area (Å²) >= 11 is 0. The summed E-state index contributed by atoms with van der Waals surface area (Å²) in [6.07, 6.45) is 0. The van der Waals surface area contributed by atoms with Crippen LogP contribution in [0.3, 0.4) is 0 Å². The van der Waals surface area contributed by atoms with Gasteiger partial charge >= 0.3 is 0 Å². The Bertz CT molecular complexity index is 726. The molecule has 0 fully saturated rings. The molecule has 0 N–H and O–H groups in total. The Labute approximate surface area is 132 Å². The molecule has 0 radical (unpaired) electrons. The van der Waals surface area contributed by atoms with E-state index in [1.54, 1.807) is 7.11 Å². The summed E-state index contributed by atoms with van der Waals surface area (Å²) in [4.78, 5) is 12.8. The van der Waals surface area contributed by atoms with Crippen LogP contribution in [0.25, 0.3) is 10.8 Å². The first-order chi connectivity index (χ1) is 10.3. The second kappa shape index (κ2) is 5.96. The second-order valence-corrected chi connectivity index (χ2v) is 6.46. The Kier molecular flexibility index (Phi) is 4.41. The summed E-state index contributed by atoms with van der Waals surface area (Å²) in [5.74, 6) is 0.888. The molecule has 0 aliphatic heterocycles. The maximum atomic E-state index is 12.8. The standard InChI is InChI=1S/C20H24O2/c1-13(2)20(4,5)19(21)14(3)15-7-8-17-12-18(22-6)10-9-16(17)11-15/h7-12,14H,1H2,2-6H3/t14-/m0/s1. The van der Waals surface area contributed by atoms with E-state index in [4.69, 9.17) is 4.74 Å². The lowest BCUT2D eigenvalue weighted by Crippen LogP contribution is -2.29. The van der Waals surface area contributed by atoms with Crippen LogP contribution in [0.15, 0.2) is 48.6 Å². The van der Waals surface area contributed by atoms with Gasteiger partial charge in [0.15, 0.2) is 0 Å². The molecule has 2 aromatic carbocycles. The van der Waals surface area contributed by atoms with Crippen LogP contribution in [0.2, 0.25) is 0 Å². The third-order valence-electron chi connectivity index (χ3n) is 4.65. The molecule has 0 aromatic heterocycles. The van der Waals surface area contributed by atoms with Gasteiger partial charge in [0.25, 0.3) is 0 Å². The smallest absolute Gasteiger partial charge is 0.149 e. The normalized spacial score (nSPS) is 13.0. The van der Waals surface area contributed by atoms with E-state index in [0.717, 1.165) is 27.7 Å². The SMILES string of the molecule is C=C(C)C(C)(C)C(=O)[C@@H](C)c1ccc2cc(OC)ccc2c1. The number of fused-ring (bicyclic) bond motifs is 1. The van der Waals surface area contributed by atoms with Crippen LogP contribution in [0.1, 0.15) is 39.2 Å². The van der Waals surface area contributed by atoms with Crippen molar-refractivity contribution in [3.63, 3.8) is 0 Å². The molecule has 2 nitrogen and oxygen atoms in total. The molecule has 1 atom stereocenters. The molecule has 0 aliphatic rings. The number of carbonyl (C=O) groups is 1. The van der Waals surface area contributed by atoms with Gasteiger partial charge in [-0.2, -0.15) is 0 Å². The maximum Gasteiger partial charge on any atom is 0.149 e. The van der Waals surface area contributed by atoms with E-state index in [0.29, 0.717) is 0 Å². The van der Waals surface area contributed by atoms with Gasteiger partial charge in [-0.05, 0) is 49.2 Å². The molecule has 0 spiro atoms. The van der Waals surface area contributed by atoms with Crippen molar-refractivity contribution in [1.29, 1.82) is 0 Å². The number of ketones is 1. The molecule has 0 amide bonds. The van der Waals surface area contributed by atoms with Crippen LogP contribution in [0.5, 0.6) is 5.75 Å². The van der Waals surface area contributed by atoms with Crippen LogP contribution in [0, 0.1) is 5.41 Å². The predicted octanol–water partition coefficient (Wildman–Crippen LogP) is 5.12. The van der Waals surface area contributed by atoms with Gasteiger partial charge in [-0.1, -0.05) is 43.3 Å². The number of rotatable bonds is 5. The van der Waals surface area contributed by atoms with Crippen molar-refractivity contribution in [1.82, 2.24) is 0 Å². The zero-order chi connectivity index (χ0) is 16.5. The summed E-state index contributed by atoms with van der Waals surface area (Å²) in [6, 6.07) is 12.1. The van der Waals surface area contributed by atoms with E-state index in [1.165, 1.54) is 0 Å². The van der Waals surface area contributed by atoms with Crippen LogP contribution in [0.4, 0.5) is 0 Å². The van der Waals surface area contributed by atoms with Crippen LogP contribution < -0.4 is 4.74 Å². The van der Waals surface area contributed by atoms with Gasteiger partial charge in [-0.25, -0.2) is 0 Å². The van der Waals surface area contributed by atoms with Gasteiger partial charge in [-0.3, -0.25) is 4.79 Å². The fourth-order valence-electron chi connectivity index (χ4n) is 2.54. The molecule has 0 aliphatic carbocycles. The minimum Gasteiger partial charge on any atom is -0.497 e. The molecule has 0 unspecified atom stereocenters. The first-order valence-corrected chi connectivity index (χ1v) is 7.55. The lowest BCUT2D eigenvalue weighted by atomic mass is 9.75. The van der Waals surface area contributed by atoms with Crippen molar-refractivity contribution in [2.75, 3.05) is 7.11 Å². The third kappa shape index (κ3) is 2.92. The summed E-state index contributed by atoms with van der Waals surface area (Å²) < 4.78 is 5.25. The Morgan fingerprint density at radius 3 is 2.32 bits per heavy atom. The van der Waals surface area contributed by atoms with E-state index in [2.05, 4.69) is 12.6 Å². The van der Waals surface area contributed by atoms with Gasteiger partial charge in [0.2, 0.25) is 0 Å². The van der Waals surface area contributed by atoms with Gasteiger partial charge in [-0.15, -0.1) is 0 Å². The average molecular weight is 296 g/mol. The number of hydrogen-bond acceptors (Lipinski definition) is 2. The largest absolute Gasteiger partial charge is 0.497 e. The Morgan fingerprint density at radius 1 is 1.14 bits per heavy atom. The van der Waals surface area contributed by atoms with E-state index >= 15 is 0 Å². The third-order valence-corrected chi connectivity index (χ3v) is 4.65. The quantitative estimate of drug-likeness (QED) is 0.715. The number of hydrogen-bond donors (Lipinski definition) is 0. The topological polar surface area (TPSA) is 26.3 Å². The summed E-state index contributed by atoms with van der Waals surface area (Å²) in [6.45, 7) is 11.7. The van der Waals surface area contributed by atoms with Crippen LogP contribution in [-0.2, 0) is 4.79 Å². The summed E-state index contributed by atoms with van der Waals surface area (Å²) in [5.41, 5.74) is 1.43. The highest BCUT2D eigenvalue weighted by atomic mass is 16.5. The van der Waals surface area contributed by atoms with Crippen molar-refractivity contribution in [3.8, 4) is 5.75 Å². The summed E-state index contributed by atoms with van der Waals surface area (Å²) in [7, 11) is 1.66. The van der Waals surface area contributed by atoms with Crippen molar-refractivity contribution in [2.24, 2.45) is 5.41 Å². The van der Waals surface area contributed by atoms with Gasteiger partial charge in [0, 0.05) is 11.3 Å². The number of ether oxygens (including phenoxy) is 1. The molecule has 2 heteroatoms. The molecule has 0 heterocycles.